The quantitative estimate of drug-likeness (QED) is 0.636. The van der Waals surface area contributed by atoms with E-state index in [2.05, 4.69) is 0 Å². The molecule has 0 aromatic heterocycles. The van der Waals surface area contributed by atoms with Gasteiger partial charge in [0.15, 0.2) is 0 Å². The largest absolute Gasteiger partial charge is 0.453 e. The maximum atomic E-state index is 11.7. The monoisotopic (exact) mass is 223 g/mol. The first-order chi connectivity index (χ1) is 7.65. The van der Waals surface area contributed by atoms with Crippen molar-refractivity contribution in [3.8, 4) is 0 Å². The van der Waals surface area contributed by atoms with Gasteiger partial charge >= 0.3 is 6.09 Å². The van der Waals surface area contributed by atoms with E-state index in [1.165, 1.54) is 7.11 Å². The molecular weight excluding hydrogens is 206 g/mol. The van der Waals surface area contributed by atoms with Crippen LogP contribution < -0.4 is 0 Å². The topological polar surface area (TPSA) is 46.6 Å². The second-order valence-electron chi connectivity index (χ2n) is 4.48. The van der Waals surface area contributed by atoms with Crippen molar-refractivity contribution in [1.29, 1.82) is 0 Å². The van der Waals surface area contributed by atoms with Crippen LogP contribution in [0.25, 0.3) is 0 Å². The lowest BCUT2D eigenvalue weighted by Gasteiger charge is -2.29. The summed E-state index contributed by atoms with van der Waals surface area (Å²) in [6, 6.07) is 0.201. The summed E-state index contributed by atoms with van der Waals surface area (Å²) in [5.74, 6) is -0.0377. The number of carbonyl (C=O) groups is 2. The average Bonchev–Trinajstić information content (AvgIpc) is 2.53. The molecule has 16 heavy (non-hydrogen) atoms. The van der Waals surface area contributed by atoms with E-state index in [1.807, 2.05) is 12.2 Å². The van der Waals surface area contributed by atoms with E-state index in [1.54, 1.807) is 11.8 Å². The van der Waals surface area contributed by atoms with Crippen LogP contribution in [0.3, 0.4) is 0 Å². The zero-order valence-corrected chi connectivity index (χ0v) is 9.68. The van der Waals surface area contributed by atoms with Gasteiger partial charge < -0.3 is 9.64 Å². The van der Waals surface area contributed by atoms with Gasteiger partial charge in [0, 0.05) is 12.1 Å². The second kappa shape index (κ2) is 4.28. The molecule has 2 rings (SSSR count). The van der Waals surface area contributed by atoms with Crippen molar-refractivity contribution in [3.05, 3.63) is 12.2 Å². The molecular formula is C12H17NO3. The fraction of sp³-hybridized carbons (Fsp3) is 0.667. The molecule has 1 amide bonds. The van der Waals surface area contributed by atoms with Gasteiger partial charge in [-0.15, -0.1) is 0 Å². The normalized spacial score (nSPS) is 32.4. The molecule has 0 spiro atoms. The molecule has 1 unspecified atom stereocenters. The van der Waals surface area contributed by atoms with E-state index < -0.39 is 0 Å². The lowest BCUT2D eigenvalue weighted by Crippen LogP contribution is -2.44. The number of Topliss-reactive ketones (excluding diaryl/α,β-unsaturated/α-hetero) is 1. The molecule has 4 heteroatoms. The zero-order valence-electron chi connectivity index (χ0n) is 9.68. The number of rotatable bonds is 1. The van der Waals surface area contributed by atoms with Crippen molar-refractivity contribution >= 4 is 11.9 Å². The molecule has 0 aliphatic carbocycles. The Hall–Kier alpha value is -1.32. The van der Waals surface area contributed by atoms with Crippen molar-refractivity contribution in [3.63, 3.8) is 0 Å². The van der Waals surface area contributed by atoms with E-state index in [-0.39, 0.29) is 29.9 Å². The highest BCUT2D eigenvalue weighted by Gasteiger charge is 2.43. The second-order valence-corrected chi connectivity index (χ2v) is 4.48. The van der Waals surface area contributed by atoms with Gasteiger partial charge in [-0.3, -0.25) is 4.79 Å². The minimum Gasteiger partial charge on any atom is -0.453 e. The molecule has 0 aromatic carbocycles. The zero-order chi connectivity index (χ0) is 11.7. The minimum absolute atomic E-state index is 0.00583. The minimum atomic E-state index is -0.303. The molecule has 0 aromatic rings. The van der Waals surface area contributed by atoms with Crippen LogP contribution in [0.4, 0.5) is 4.79 Å². The standard InChI is InChI=1S/C12H17NO3/c1-8(14)10-5-3-4-9-6-7-11(10)13(9)12(15)16-2/h3,5,9-11H,4,6-7H2,1-2H3/t9-,10?,11-/m0/s1. The number of fused-ring (bicyclic) bond motifs is 2. The number of ether oxygens (including phenoxy) is 1. The molecule has 0 radical (unpaired) electrons. The third-order valence-corrected chi connectivity index (χ3v) is 3.57. The van der Waals surface area contributed by atoms with Gasteiger partial charge in [-0.25, -0.2) is 4.79 Å². The maximum Gasteiger partial charge on any atom is 0.410 e. The molecule has 2 heterocycles. The number of nitrogens with zero attached hydrogens (tertiary/aromatic N) is 1. The van der Waals surface area contributed by atoms with E-state index in [4.69, 9.17) is 4.74 Å². The molecule has 1 saturated heterocycles. The Bertz CT molecular complexity index is 337. The van der Waals surface area contributed by atoms with E-state index in [0.29, 0.717) is 0 Å². The lowest BCUT2D eigenvalue weighted by atomic mass is 9.92. The smallest absolute Gasteiger partial charge is 0.410 e. The summed E-state index contributed by atoms with van der Waals surface area (Å²) in [7, 11) is 1.39. The van der Waals surface area contributed by atoms with Crippen molar-refractivity contribution in [2.75, 3.05) is 7.11 Å². The molecule has 3 atom stereocenters. The summed E-state index contributed by atoms with van der Waals surface area (Å²) in [5.41, 5.74) is 0. The Morgan fingerprint density at radius 3 is 2.75 bits per heavy atom. The van der Waals surface area contributed by atoms with Crippen molar-refractivity contribution in [2.24, 2.45) is 5.92 Å². The number of hydrogen-bond acceptors (Lipinski definition) is 3. The molecule has 1 fully saturated rings. The Morgan fingerprint density at radius 1 is 1.38 bits per heavy atom. The van der Waals surface area contributed by atoms with Crippen LogP contribution in [0, 0.1) is 5.92 Å². The van der Waals surface area contributed by atoms with Crippen LogP contribution in [-0.2, 0) is 9.53 Å². The summed E-state index contributed by atoms with van der Waals surface area (Å²) in [6.07, 6.45) is 6.36. The highest BCUT2D eigenvalue weighted by molar-refractivity contribution is 5.82. The lowest BCUT2D eigenvalue weighted by molar-refractivity contribution is -0.120. The molecule has 88 valence electrons. The number of carbonyl (C=O) groups excluding carboxylic acids is 2. The number of hydrogen-bond donors (Lipinski definition) is 0. The van der Waals surface area contributed by atoms with Crippen LogP contribution in [0.15, 0.2) is 12.2 Å². The molecule has 2 aliphatic heterocycles. The summed E-state index contributed by atoms with van der Waals surface area (Å²) >= 11 is 0. The van der Waals surface area contributed by atoms with E-state index >= 15 is 0 Å². The fourth-order valence-corrected chi connectivity index (χ4v) is 2.80. The highest BCUT2D eigenvalue weighted by atomic mass is 16.5. The Morgan fingerprint density at radius 2 is 2.12 bits per heavy atom. The third-order valence-electron chi connectivity index (χ3n) is 3.57. The van der Waals surface area contributed by atoms with Gasteiger partial charge in [0.25, 0.3) is 0 Å². The molecule has 2 bridgehead atoms. The summed E-state index contributed by atoms with van der Waals surface area (Å²) in [4.78, 5) is 25.0. The Labute approximate surface area is 95.2 Å². The number of methoxy groups -OCH3 is 1. The number of amides is 1. The van der Waals surface area contributed by atoms with Gasteiger partial charge in [0.2, 0.25) is 0 Å². The van der Waals surface area contributed by atoms with Crippen molar-refractivity contribution in [1.82, 2.24) is 4.90 Å². The predicted molar refractivity (Wildman–Crippen MR) is 59.0 cm³/mol. The predicted octanol–water partition coefficient (Wildman–Crippen LogP) is 1.75. The van der Waals surface area contributed by atoms with E-state index in [0.717, 1.165) is 19.3 Å². The highest BCUT2D eigenvalue weighted by Crippen LogP contribution is 2.35. The molecule has 0 N–H and O–H groups in total. The first-order valence-electron chi connectivity index (χ1n) is 5.68. The summed E-state index contributed by atoms with van der Waals surface area (Å²) < 4.78 is 4.80. The summed E-state index contributed by atoms with van der Waals surface area (Å²) in [6.45, 7) is 1.59. The Kier molecular flexibility index (Phi) is 2.99. The van der Waals surface area contributed by atoms with E-state index in [9.17, 15) is 9.59 Å². The van der Waals surface area contributed by atoms with Gasteiger partial charge in [0.05, 0.1) is 13.0 Å². The molecule has 0 saturated carbocycles. The third kappa shape index (κ3) is 1.72. The summed E-state index contributed by atoms with van der Waals surface area (Å²) in [5, 5.41) is 0. The van der Waals surface area contributed by atoms with Crippen LogP contribution in [0.2, 0.25) is 0 Å². The van der Waals surface area contributed by atoms with Crippen LogP contribution in [0.5, 0.6) is 0 Å². The first kappa shape index (κ1) is 11.2. The van der Waals surface area contributed by atoms with Crippen molar-refractivity contribution < 1.29 is 14.3 Å². The number of ketones is 1. The average molecular weight is 223 g/mol. The van der Waals surface area contributed by atoms with Crippen molar-refractivity contribution in [2.45, 2.75) is 38.3 Å². The van der Waals surface area contributed by atoms with Gasteiger partial charge in [-0.05, 0) is 26.2 Å². The van der Waals surface area contributed by atoms with Crippen LogP contribution in [0.1, 0.15) is 26.2 Å². The SMILES string of the molecule is COC(=O)N1[C@H]2CC=CC(C(C)=O)[C@@H]1CC2. The van der Waals surface area contributed by atoms with Gasteiger partial charge in [-0.2, -0.15) is 0 Å². The van der Waals surface area contributed by atoms with Gasteiger partial charge in [0.1, 0.15) is 5.78 Å². The first-order valence-corrected chi connectivity index (χ1v) is 5.68. The van der Waals surface area contributed by atoms with Crippen LogP contribution >= 0.6 is 0 Å². The van der Waals surface area contributed by atoms with Gasteiger partial charge in [-0.1, -0.05) is 12.2 Å². The molecule has 2 aliphatic rings. The Balaban J connectivity index is 2.27. The molecule has 4 nitrogen and oxygen atoms in total. The maximum absolute atomic E-state index is 11.7. The fourth-order valence-electron chi connectivity index (χ4n) is 2.80. The van der Waals surface area contributed by atoms with Crippen LogP contribution in [-0.4, -0.2) is 36.0 Å².